The molecule has 1 aliphatic carbocycles. The summed E-state index contributed by atoms with van der Waals surface area (Å²) in [6, 6.07) is 9.16. The highest BCUT2D eigenvalue weighted by molar-refractivity contribution is 6.01. The number of rotatable bonds is 7. The molecule has 1 aliphatic heterocycles. The Hall–Kier alpha value is -3.22. The first kappa shape index (κ1) is 20.1. The van der Waals surface area contributed by atoms with Gasteiger partial charge in [-0.3, -0.25) is 4.79 Å². The van der Waals surface area contributed by atoms with E-state index < -0.39 is 5.97 Å². The fourth-order valence-corrected chi connectivity index (χ4v) is 4.12. The highest BCUT2D eigenvalue weighted by atomic mass is 16.6. The molecule has 2 aliphatic rings. The molecular weight excluding hydrogens is 386 g/mol. The summed E-state index contributed by atoms with van der Waals surface area (Å²) in [5.74, 6) is 0.747. The van der Waals surface area contributed by atoms with E-state index in [9.17, 15) is 9.59 Å². The molecule has 30 heavy (non-hydrogen) atoms. The van der Waals surface area contributed by atoms with Gasteiger partial charge in [-0.2, -0.15) is 0 Å². The lowest BCUT2D eigenvalue weighted by molar-refractivity contribution is -0.151. The van der Waals surface area contributed by atoms with Crippen LogP contribution in [0.2, 0.25) is 0 Å². The number of carbonyl (C=O) groups excluding carboxylic acids is 2. The summed E-state index contributed by atoms with van der Waals surface area (Å²) in [5.41, 5.74) is 3.07. The molecule has 158 valence electrons. The molecule has 1 fully saturated rings. The lowest BCUT2D eigenvalue weighted by Gasteiger charge is -2.19. The highest BCUT2D eigenvalue weighted by Gasteiger charge is 2.26. The van der Waals surface area contributed by atoms with Gasteiger partial charge in [-0.1, -0.05) is 12.1 Å². The maximum Gasteiger partial charge on any atom is 0.344 e. The lowest BCUT2D eigenvalue weighted by atomic mass is 9.95. The van der Waals surface area contributed by atoms with Crippen LogP contribution in [0.4, 0.5) is 0 Å². The van der Waals surface area contributed by atoms with Crippen LogP contribution in [-0.4, -0.2) is 38.8 Å². The first-order valence-electron chi connectivity index (χ1n) is 10.1. The zero-order valence-corrected chi connectivity index (χ0v) is 17.2. The summed E-state index contributed by atoms with van der Waals surface area (Å²) < 4.78 is 22.4. The smallest absolute Gasteiger partial charge is 0.344 e. The quantitative estimate of drug-likeness (QED) is 0.703. The van der Waals surface area contributed by atoms with E-state index in [0.29, 0.717) is 29.4 Å². The molecule has 2 aromatic carbocycles. The predicted molar refractivity (Wildman–Crippen MR) is 110 cm³/mol. The molecule has 1 saturated carbocycles. The SMILES string of the molecule is COc1ccc(-c2cccc3c2CNC3=O)c(OCC(=O)OC2CCCC2)c1OC. The number of methoxy groups -OCH3 is 2. The van der Waals surface area contributed by atoms with E-state index in [0.717, 1.165) is 42.4 Å². The first-order valence-corrected chi connectivity index (χ1v) is 10.1. The summed E-state index contributed by atoms with van der Waals surface area (Å²) in [6.45, 7) is 0.196. The average Bonchev–Trinajstić information content (AvgIpc) is 3.41. The molecule has 0 aromatic heterocycles. The first-order chi connectivity index (χ1) is 14.6. The second-order valence-corrected chi connectivity index (χ2v) is 7.38. The third-order valence-corrected chi connectivity index (χ3v) is 5.57. The van der Waals surface area contributed by atoms with Crippen LogP contribution in [-0.2, 0) is 16.1 Å². The van der Waals surface area contributed by atoms with E-state index in [2.05, 4.69) is 5.32 Å². The topological polar surface area (TPSA) is 83.1 Å². The van der Waals surface area contributed by atoms with Crippen LogP contribution in [0.3, 0.4) is 0 Å². The number of carbonyl (C=O) groups is 2. The molecule has 1 N–H and O–H groups in total. The number of amides is 1. The van der Waals surface area contributed by atoms with E-state index >= 15 is 0 Å². The minimum Gasteiger partial charge on any atom is -0.493 e. The van der Waals surface area contributed by atoms with Crippen LogP contribution in [0.25, 0.3) is 11.1 Å². The number of hydrogen-bond donors (Lipinski definition) is 1. The third-order valence-electron chi connectivity index (χ3n) is 5.57. The van der Waals surface area contributed by atoms with Crippen molar-refractivity contribution >= 4 is 11.9 Å². The van der Waals surface area contributed by atoms with Crippen molar-refractivity contribution in [2.45, 2.75) is 38.3 Å². The molecule has 7 nitrogen and oxygen atoms in total. The van der Waals surface area contributed by atoms with Gasteiger partial charge in [-0.25, -0.2) is 4.79 Å². The molecule has 0 spiro atoms. The zero-order valence-electron chi connectivity index (χ0n) is 17.2. The number of ether oxygens (including phenoxy) is 4. The van der Waals surface area contributed by atoms with Gasteiger partial charge in [-0.15, -0.1) is 0 Å². The van der Waals surface area contributed by atoms with Crippen LogP contribution < -0.4 is 19.5 Å². The second kappa shape index (κ2) is 8.65. The largest absolute Gasteiger partial charge is 0.493 e. The predicted octanol–water partition coefficient (Wildman–Crippen LogP) is 3.48. The Morgan fingerprint density at radius 2 is 1.77 bits per heavy atom. The summed E-state index contributed by atoms with van der Waals surface area (Å²) in [4.78, 5) is 24.4. The van der Waals surface area contributed by atoms with Crippen LogP contribution in [0, 0.1) is 0 Å². The Bertz CT molecular complexity index is 964. The molecule has 7 heteroatoms. The van der Waals surface area contributed by atoms with Crippen LogP contribution >= 0.6 is 0 Å². The van der Waals surface area contributed by atoms with E-state index in [-0.39, 0.29) is 18.6 Å². The molecule has 1 amide bonds. The van der Waals surface area contributed by atoms with Crippen molar-refractivity contribution in [3.63, 3.8) is 0 Å². The summed E-state index contributed by atoms with van der Waals surface area (Å²) in [6.07, 6.45) is 3.94. The molecule has 0 atom stereocenters. The number of esters is 1. The van der Waals surface area contributed by atoms with Crippen molar-refractivity contribution in [3.05, 3.63) is 41.5 Å². The van der Waals surface area contributed by atoms with Crippen LogP contribution in [0.15, 0.2) is 30.3 Å². The van der Waals surface area contributed by atoms with Gasteiger partial charge in [0.05, 0.1) is 14.2 Å². The van der Waals surface area contributed by atoms with Gasteiger partial charge in [0.15, 0.2) is 18.1 Å². The van der Waals surface area contributed by atoms with Crippen molar-refractivity contribution in [1.82, 2.24) is 5.32 Å². The molecule has 0 bridgehead atoms. The number of hydrogen-bond acceptors (Lipinski definition) is 6. The van der Waals surface area contributed by atoms with Crippen molar-refractivity contribution in [2.75, 3.05) is 20.8 Å². The fourth-order valence-electron chi connectivity index (χ4n) is 4.12. The minimum absolute atomic E-state index is 0.0257. The van der Waals surface area contributed by atoms with E-state index in [4.69, 9.17) is 18.9 Å². The summed E-state index contributed by atoms with van der Waals surface area (Å²) >= 11 is 0. The van der Waals surface area contributed by atoms with E-state index in [1.165, 1.54) is 7.11 Å². The number of nitrogens with one attached hydrogen (secondary N) is 1. The Balaban J connectivity index is 1.68. The molecule has 1 heterocycles. The molecular formula is C23H25NO6. The normalized spacial score (nSPS) is 15.5. The van der Waals surface area contributed by atoms with Gasteiger partial charge in [-0.05, 0) is 55.0 Å². The number of benzene rings is 2. The second-order valence-electron chi connectivity index (χ2n) is 7.38. The van der Waals surface area contributed by atoms with Gasteiger partial charge < -0.3 is 24.3 Å². The van der Waals surface area contributed by atoms with Gasteiger partial charge >= 0.3 is 5.97 Å². The van der Waals surface area contributed by atoms with E-state index in [1.807, 2.05) is 18.2 Å². The highest BCUT2D eigenvalue weighted by Crippen LogP contribution is 2.46. The Kier molecular flexibility index (Phi) is 5.79. The third kappa shape index (κ3) is 3.79. The standard InChI is InChI=1S/C23H25NO6/c1-27-19-11-10-16(15-8-5-9-17-18(15)12-24-23(17)26)21(22(19)28-2)29-13-20(25)30-14-6-3-4-7-14/h5,8-11,14H,3-4,6-7,12-13H2,1-2H3,(H,24,26). The Morgan fingerprint density at radius 1 is 1.00 bits per heavy atom. The lowest BCUT2D eigenvalue weighted by Crippen LogP contribution is -2.21. The minimum atomic E-state index is -0.409. The van der Waals surface area contributed by atoms with Crippen LogP contribution in [0.5, 0.6) is 17.2 Å². The summed E-state index contributed by atoms with van der Waals surface area (Å²) in [5, 5.41) is 2.85. The van der Waals surface area contributed by atoms with Crippen molar-refractivity contribution in [3.8, 4) is 28.4 Å². The molecule has 0 saturated heterocycles. The van der Waals surface area contributed by atoms with Crippen LogP contribution in [0.1, 0.15) is 41.6 Å². The van der Waals surface area contributed by atoms with Crippen molar-refractivity contribution in [1.29, 1.82) is 0 Å². The van der Waals surface area contributed by atoms with Crippen molar-refractivity contribution < 1.29 is 28.5 Å². The Morgan fingerprint density at radius 3 is 2.50 bits per heavy atom. The van der Waals surface area contributed by atoms with Gasteiger partial charge in [0.1, 0.15) is 6.10 Å². The fraction of sp³-hybridized carbons (Fsp3) is 0.391. The monoisotopic (exact) mass is 411 g/mol. The molecule has 4 rings (SSSR count). The Labute approximate surface area is 175 Å². The number of fused-ring (bicyclic) bond motifs is 1. The van der Waals surface area contributed by atoms with Gasteiger partial charge in [0, 0.05) is 17.7 Å². The van der Waals surface area contributed by atoms with Crippen molar-refractivity contribution in [2.24, 2.45) is 0 Å². The maximum atomic E-state index is 12.3. The maximum absolute atomic E-state index is 12.3. The summed E-state index contributed by atoms with van der Waals surface area (Å²) in [7, 11) is 3.06. The van der Waals surface area contributed by atoms with E-state index in [1.54, 1.807) is 19.2 Å². The zero-order chi connectivity index (χ0) is 21.1. The van der Waals surface area contributed by atoms with Gasteiger partial charge in [0.2, 0.25) is 5.75 Å². The molecule has 0 unspecified atom stereocenters. The average molecular weight is 411 g/mol. The van der Waals surface area contributed by atoms with Gasteiger partial charge in [0.25, 0.3) is 5.91 Å². The molecule has 0 radical (unpaired) electrons. The molecule has 2 aromatic rings.